The summed E-state index contributed by atoms with van der Waals surface area (Å²) in [7, 11) is 0. The minimum Gasteiger partial charge on any atom is -0.550 e. The largest absolute Gasteiger partial charge is 0.550 e. The molecule has 4 nitrogen and oxygen atoms in total. The predicted molar refractivity (Wildman–Crippen MR) is 51.9 cm³/mol. The Hall–Kier alpha value is -1.10. The number of carbonyl (C=O) groups is 1. The Morgan fingerprint density at radius 1 is 1.43 bits per heavy atom. The van der Waals surface area contributed by atoms with Crippen molar-refractivity contribution in [3.8, 4) is 0 Å². The van der Waals surface area contributed by atoms with Crippen LogP contribution >= 0.6 is 11.8 Å². The van der Waals surface area contributed by atoms with E-state index in [1.807, 2.05) is 19.9 Å². The van der Waals surface area contributed by atoms with E-state index in [1.54, 1.807) is 0 Å². The first-order valence-corrected chi connectivity index (χ1v) is 5.21. The summed E-state index contributed by atoms with van der Waals surface area (Å²) in [5.74, 6) is -0.590. The summed E-state index contributed by atoms with van der Waals surface area (Å²) in [6.07, 6.45) is 0.0288. The van der Waals surface area contributed by atoms with Crippen LogP contribution in [0.2, 0.25) is 0 Å². The van der Waals surface area contributed by atoms with E-state index >= 15 is 0 Å². The van der Waals surface area contributed by atoms with Crippen LogP contribution in [-0.4, -0.2) is 21.7 Å². The lowest BCUT2D eigenvalue weighted by Crippen LogP contribution is -2.22. The lowest BCUT2D eigenvalue weighted by atomic mass is 10.4. The molecule has 0 amide bonds. The number of carboxylic acid groups (broad SMARTS) is 1. The van der Waals surface area contributed by atoms with Crippen LogP contribution in [0, 0.1) is 13.8 Å². The van der Waals surface area contributed by atoms with Gasteiger partial charge in [0.25, 0.3) is 0 Å². The third-order valence-electron chi connectivity index (χ3n) is 1.50. The first kappa shape index (κ1) is 11.0. The zero-order chi connectivity index (χ0) is 10.6. The number of carbonyl (C=O) groups excluding carboxylic acids is 1. The Morgan fingerprint density at radius 2 is 2.00 bits per heavy atom. The summed E-state index contributed by atoms with van der Waals surface area (Å²) < 4.78 is 0. The number of hydrogen-bond donors (Lipinski definition) is 0. The molecule has 0 saturated carbocycles. The van der Waals surface area contributed by atoms with Crippen molar-refractivity contribution >= 4 is 17.7 Å². The molecule has 0 bridgehead atoms. The standard InChI is InChI=1S/C9H12N2O2S/c1-6-5-7(2)11-9(10-6)14-4-3-8(12)13/h5H,3-4H2,1-2H3,(H,12,13)/p-1. The maximum absolute atomic E-state index is 10.2. The molecule has 0 radical (unpaired) electrons. The lowest BCUT2D eigenvalue weighted by molar-refractivity contribution is -0.305. The quantitative estimate of drug-likeness (QED) is 0.530. The van der Waals surface area contributed by atoms with Gasteiger partial charge < -0.3 is 9.90 Å². The third kappa shape index (κ3) is 3.74. The van der Waals surface area contributed by atoms with Crippen molar-refractivity contribution in [2.45, 2.75) is 25.4 Å². The van der Waals surface area contributed by atoms with Gasteiger partial charge in [-0.1, -0.05) is 11.8 Å². The van der Waals surface area contributed by atoms with Gasteiger partial charge in [0.2, 0.25) is 0 Å². The summed E-state index contributed by atoms with van der Waals surface area (Å²) >= 11 is 1.33. The van der Waals surface area contributed by atoms with Crippen LogP contribution in [0.4, 0.5) is 0 Å². The van der Waals surface area contributed by atoms with Crippen molar-refractivity contribution in [3.05, 3.63) is 17.5 Å². The Balaban J connectivity index is 2.54. The molecule has 14 heavy (non-hydrogen) atoms. The Labute approximate surface area is 86.8 Å². The number of rotatable bonds is 4. The molecule has 5 heteroatoms. The second-order valence-corrected chi connectivity index (χ2v) is 3.97. The summed E-state index contributed by atoms with van der Waals surface area (Å²) in [6, 6.07) is 1.88. The molecule has 0 aromatic carbocycles. The molecule has 0 saturated heterocycles. The van der Waals surface area contributed by atoms with E-state index in [2.05, 4.69) is 9.97 Å². The second kappa shape index (κ2) is 4.95. The molecule has 0 aliphatic carbocycles. The molecule has 0 fully saturated rings. The monoisotopic (exact) mass is 211 g/mol. The molecular weight excluding hydrogens is 200 g/mol. The molecule has 1 rings (SSSR count). The van der Waals surface area contributed by atoms with Crippen LogP contribution in [0.5, 0.6) is 0 Å². The van der Waals surface area contributed by atoms with Gasteiger partial charge in [0, 0.05) is 23.1 Å². The average Bonchev–Trinajstić information content (AvgIpc) is 2.01. The SMILES string of the molecule is Cc1cc(C)nc(SCCC(=O)[O-])n1. The van der Waals surface area contributed by atoms with Gasteiger partial charge in [-0.25, -0.2) is 9.97 Å². The van der Waals surface area contributed by atoms with Crippen LogP contribution in [0.1, 0.15) is 17.8 Å². The van der Waals surface area contributed by atoms with Crippen LogP contribution in [-0.2, 0) is 4.79 Å². The van der Waals surface area contributed by atoms with Crippen molar-refractivity contribution < 1.29 is 9.90 Å². The number of nitrogens with zero attached hydrogens (tertiary/aromatic N) is 2. The zero-order valence-electron chi connectivity index (χ0n) is 8.11. The van der Waals surface area contributed by atoms with Crippen molar-refractivity contribution in [1.29, 1.82) is 0 Å². The minimum atomic E-state index is -1.04. The highest BCUT2D eigenvalue weighted by Crippen LogP contribution is 2.14. The number of aromatic nitrogens is 2. The highest BCUT2D eigenvalue weighted by atomic mass is 32.2. The zero-order valence-corrected chi connectivity index (χ0v) is 8.93. The molecular formula is C9H11N2O2S-. The Morgan fingerprint density at radius 3 is 2.50 bits per heavy atom. The van der Waals surface area contributed by atoms with Crippen molar-refractivity contribution in [3.63, 3.8) is 0 Å². The third-order valence-corrected chi connectivity index (χ3v) is 2.35. The summed E-state index contributed by atoms with van der Waals surface area (Å²) in [5, 5.41) is 10.8. The molecule has 0 unspecified atom stereocenters. The maximum atomic E-state index is 10.2. The second-order valence-electron chi connectivity index (χ2n) is 2.90. The molecule has 0 spiro atoms. The van der Waals surface area contributed by atoms with Gasteiger partial charge in [-0.05, 0) is 26.3 Å². The summed E-state index contributed by atoms with van der Waals surface area (Å²) in [4.78, 5) is 18.5. The molecule has 1 aromatic heterocycles. The van der Waals surface area contributed by atoms with Gasteiger partial charge in [0.05, 0.1) is 0 Å². The molecule has 0 N–H and O–H groups in total. The number of thioether (sulfide) groups is 1. The molecule has 1 aromatic rings. The first-order chi connectivity index (χ1) is 6.58. The van der Waals surface area contributed by atoms with E-state index < -0.39 is 5.97 Å². The van der Waals surface area contributed by atoms with E-state index in [-0.39, 0.29) is 6.42 Å². The topological polar surface area (TPSA) is 65.9 Å². The highest BCUT2D eigenvalue weighted by Gasteiger charge is 1.99. The first-order valence-electron chi connectivity index (χ1n) is 4.23. The lowest BCUT2D eigenvalue weighted by Gasteiger charge is -2.03. The molecule has 76 valence electrons. The number of hydrogen-bond acceptors (Lipinski definition) is 5. The van der Waals surface area contributed by atoms with Gasteiger partial charge in [-0.3, -0.25) is 0 Å². The van der Waals surface area contributed by atoms with Crippen LogP contribution in [0.3, 0.4) is 0 Å². The molecule has 0 aliphatic rings. The van der Waals surface area contributed by atoms with Gasteiger partial charge in [-0.15, -0.1) is 0 Å². The van der Waals surface area contributed by atoms with Crippen molar-refractivity contribution in [2.24, 2.45) is 0 Å². The van der Waals surface area contributed by atoms with E-state index in [9.17, 15) is 9.90 Å². The van der Waals surface area contributed by atoms with E-state index in [0.717, 1.165) is 11.4 Å². The molecule has 1 heterocycles. The van der Waals surface area contributed by atoms with E-state index in [0.29, 0.717) is 10.9 Å². The molecule has 0 atom stereocenters. The van der Waals surface area contributed by atoms with Crippen molar-refractivity contribution in [1.82, 2.24) is 9.97 Å². The summed E-state index contributed by atoms with van der Waals surface area (Å²) in [6.45, 7) is 3.77. The fourth-order valence-electron chi connectivity index (χ4n) is 0.984. The smallest absolute Gasteiger partial charge is 0.187 e. The van der Waals surface area contributed by atoms with E-state index in [1.165, 1.54) is 11.8 Å². The average molecular weight is 211 g/mol. The summed E-state index contributed by atoms with van der Waals surface area (Å²) in [5.41, 5.74) is 1.79. The predicted octanol–water partition coefficient (Wildman–Crippen LogP) is 0.326. The highest BCUT2D eigenvalue weighted by molar-refractivity contribution is 7.99. The minimum absolute atomic E-state index is 0.0288. The maximum Gasteiger partial charge on any atom is 0.187 e. The van der Waals surface area contributed by atoms with Gasteiger partial charge in [0.1, 0.15) is 0 Å². The van der Waals surface area contributed by atoms with Gasteiger partial charge >= 0.3 is 0 Å². The molecule has 0 aliphatic heterocycles. The van der Waals surface area contributed by atoms with Gasteiger partial charge in [0.15, 0.2) is 5.16 Å². The number of carboxylic acids is 1. The Bertz CT molecular complexity index is 321. The Kier molecular flexibility index (Phi) is 3.88. The fourth-order valence-corrected chi connectivity index (χ4v) is 1.85. The van der Waals surface area contributed by atoms with Crippen LogP contribution in [0.25, 0.3) is 0 Å². The van der Waals surface area contributed by atoms with E-state index in [4.69, 9.17) is 0 Å². The van der Waals surface area contributed by atoms with Gasteiger partial charge in [-0.2, -0.15) is 0 Å². The van der Waals surface area contributed by atoms with Crippen LogP contribution in [0.15, 0.2) is 11.2 Å². The van der Waals surface area contributed by atoms with Crippen molar-refractivity contribution in [2.75, 3.05) is 5.75 Å². The normalized spacial score (nSPS) is 10.1. The van der Waals surface area contributed by atoms with Crippen LogP contribution < -0.4 is 5.11 Å². The fraction of sp³-hybridized carbons (Fsp3) is 0.444. The number of aryl methyl sites for hydroxylation is 2. The number of aliphatic carboxylic acids is 1.